The number of para-hydroxylation sites is 1. The minimum atomic E-state index is -0.136. The van der Waals surface area contributed by atoms with Crippen LogP contribution in [0.5, 0.6) is 0 Å². The van der Waals surface area contributed by atoms with E-state index >= 15 is 0 Å². The van der Waals surface area contributed by atoms with Crippen LogP contribution in [0.3, 0.4) is 0 Å². The number of halogens is 2. The smallest absolute Gasteiger partial charge is 0.269 e. The monoisotopic (exact) mass is 315 g/mol. The van der Waals surface area contributed by atoms with Gasteiger partial charge in [0.15, 0.2) is 0 Å². The third-order valence-electron chi connectivity index (χ3n) is 2.89. The molecule has 1 amide bonds. The van der Waals surface area contributed by atoms with Crippen molar-refractivity contribution in [2.45, 2.75) is 13.0 Å². The number of hydrogen-bond acceptors (Lipinski definition) is 3. The Bertz CT molecular complexity index is 563. The fraction of sp³-hybridized carbons (Fsp3) is 0.286. The Balaban J connectivity index is 0.00000180. The van der Waals surface area contributed by atoms with Gasteiger partial charge in [0.05, 0.1) is 5.52 Å². The molecule has 0 bridgehead atoms. The molecule has 0 radical (unpaired) electrons. The molecule has 2 aromatic rings. The number of carbonyl (C=O) groups excluding carboxylic acids is 1. The highest BCUT2D eigenvalue weighted by molar-refractivity contribution is 5.94. The number of aromatic nitrogens is 1. The van der Waals surface area contributed by atoms with Crippen molar-refractivity contribution in [3.63, 3.8) is 0 Å². The molecule has 1 aromatic carbocycles. The Morgan fingerprint density at radius 2 is 1.90 bits per heavy atom. The van der Waals surface area contributed by atoms with Gasteiger partial charge in [-0.1, -0.05) is 24.3 Å². The summed E-state index contributed by atoms with van der Waals surface area (Å²) in [4.78, 5) is 16.3. The summed E-state index contributed by atoms with van der Waals surface area (Å²) >= 11 is 0. The highest BCUT2D eigenvalue weighted by Crippen LogP contribution is 2.11. The van der Waals surface area contributed by atoms with E-state index in [-0.39, 0.29) is 36.8 Å². The van der Waals surface area contributed by atoms with Crippen LogP contribution in [0.25, 0.3) is 10.9 Å². The van der Waals surface area contributed by atoms with Gasteiger partial charge in [0.25, 0.3) is 5.91 Å². The lowest BCUT2D eigenvalue weighted by atomic mass is 10.2. The summed E-state index contributed by atoms with van der Waals surface area (Å²) in [6.07, 6.45) is 0. The minimum Gasteiger partial charge on any atom is -0.349 e. The number of amides is 1. The Morgan fingerprint density at radius 1 is 1.20 bits per heavy atom. The molecular formula is C14H19Cl2N3O. The van der Waals surface area contributed by atoms with Crippen LogP contribution >= 0.6 is 24.8 Å². The zero-order chi connectivity index (χ0) is 13.0. The highest BCUT2D eigenvalue weighted by atomic mass is 35.5. The quantitative estimate of drug-likeness (QED) is 0.911. The Labute approximate surface area is 131 Å². The number of benzene rings is 1. The van der Waals surface area contributed by atoms with Crippen LogP contribution in [0.4, 0.5) is 0 Å². The standard InChI is InChI=1S/C14H17N3O.2ClH/c1-10(15-2)9-16-14(18)13-8-7-11-5-3-4-6-12(11)17-13;;/h3-8,10,15H,9H2,1-2H3,(H,16,18);2*1H. The van der Waals surface area contributed by atoms with Crippen molar-refractivity contribution in [2.75, 3.05) is 13.6 Å². The van der Waals surface area contributed by atoms with Crippen molar-refractivity contribution < 1.29 is 4.79 Å². The van der Waals surface area contributed by atoms with Gasteiger partial charge in [0, 0.05) is 18.0 Å². The lowest BCUT2D eigenvalue weighted by Crippen LogP contribution is -2.37. The van der Waals surface area contributed by atoms with E-state index in [1.54, 1.807) is 6.07 Å². The Kier molecular flexibility index (Phi) is 8.15. The maximum absolute atomic E-state index is 11.9. The van der Waals surface area contributed by atoms with Crippen LogP contribution in [-0.2, 0) is 0 Å². The van der Waals surface area contributed by atoms with Crippen molar-refractivity contribution in [1.29, 1.82) is 0 Å². The van der Waals surface area contributed by atoms with Crippen molar-refractivity contribution in [3.05, 3.63) is 42.1 Å². The molecule has 110 valence electrons. The zero-order valence-electron chi connectivity index (χ0n) is 11.4. The molecule has 0 fully saturated rings. The maximum Gasteiger partial charge on any atom is 0.269 e. The summed E-state index contributed by atoms with van der Waals surface area (Å²) in [6.45, 7) is 2.60. The second kappa shape index (κ2) is 8.74. The SMILES string of the molecule is CNC(C)CNC(=O)c1ccc2ccccc2n1.Cl.Cl. The molecule has 0 saturated carbocycles. The van der Waals surface area contributed by atoms with Gasteiger partial charge in [-0.2, -0.15) is 0 Å². The average molecular weight is 316 g/mol. The molecule has 0 aliphatic heterocycles. The summed E-state index contributed by atoms with van der Waals surface area (Å²) in [6, 6.07) is 11.7. The molecule has 1 atom stereocenters. The summed E-state index contributed by atoms with van der Waals surface area (Å²) in [5, 5.41) is 6.96. The van der Waals surface area contributed by atoms with Gasteiger partial charge < -0.3 is 10.6 Å². The average Bonchev–Trinajstić information content (AvgIpc) is 2.43. The summed E-state index contributed by atoms with van der Waals surface area (Å²) in [5.74, 6) is -0.136. The summed E-state index contributed by atoms with van der Waals surface area (Å²) in [5.41, 5.74) is 1.30. The topological polar surface area (TPSA) is 54.0 Å². The van der Waals surface area contributed by atoms with E-state index in [0.717, 1.165) is 10.9 Å². The second-order valence-electron chi connectivity index (χ2n) is 4.29. The molecule has 0 saturated heterocycles. The lowest BCUT2D eigenvalue weighted by molar-refractivity contribution is 0.0946. The van der Waals surface area contributed by atoms with Gasteiger partial charge in [0.2, 0.25) is 0 Å². The van der Waals surface area contributed by atoms with E-state index in [1.807, 2.05) is 44.3 Å². The van der Waals surface area contributed by atoms with Crippen LogP contribution in [0.1, 0.15) is 17.4 Å². The number of nitrogens with zero attached hydrogens (tertiary/aromatic N) is 1. The van der Waals surface area contributed by atoms with E-state index < -0.39 is 0 Å². The fourth-order valence-corrected chi connectivity index (χ4v) is 1.63. The molecule has 20 heavy (non-hydrogen) atoms. The number of hydrogen-bond donors (Lipinski definition) is 2. The first-order valence-corrected chi connectivity index (χ1v) is 6.02. The van der Waals surface area contributed by atoms with Crippen molar-refractivity contribution in [3.8, 4) is 0 Å². The third-order valence-corrected chi connectivity index (χ3v) is 2.89. The lowest BCUT2D eigenvalue weighted by Gasteiger charge is -2.11. The number of fused-ring (bicyclic) bond motifs is 1. The minimum absolute atomic E-state index is 0. The number of rotatable bonds is 4. The van der Waals surface area contributed by atoms with Gasteiger partial charge >= 0.3 is 0 Å². The molecule has 0 aliphatic rings. The van der Waals surface area contributed by atoms with E-state index in [1.165, 1.54) is 0 Å². The molecule has 6 heteroatoms. The number of carbonyl (C=O) groups is 1. The highest BCUT2D eigenvalue weighted by Gasteiger charge is 2.08. The molecule has 1 aromatic heterocycles. The van der Waals surface area contributed by atoms with Gasteiger partial charge in [-0.25, -0.2) is 4.98 Å². The molecule has 0 spiro atoms. The van der Waals surface area contributed by atoms with Gasteiger partial charge in [-0.3, -0.25) is 4.79 Å². The fourth-order valence-electron chi connectivity index (χ4n) is 1.63. The van der Waals surface area contributed by atoms with Crippen LogP contribution in [0, 0.1) is 0 Å². The second-order valence-corrected chi connectivity index (χ2v) is 4.29. The normalized spacial score (nSPS) is 11.1. The maximum atomic E-state index is 11.9. The summed E-state index contributed by atoms with van der Waals surface area (Å²) < 4.78 is 0. The first-order valence-electron chi connectivity index (χ1n) is 6.02. The molecule has 1 unspecified atom stereocenters. The molecule has 2 N–H and O–H groups in total. The molecule has 0 aliphatic carbocycles. The largest absolute Gasteiger partial charge is 0.349 e. The van der Waals surface area contributed by atoms with E-state index in [2.05, 4.69) is 15.6 Å². The molecule has 4 nitrogen and oxygen atoms in total. The zero-order valence-corrected chi connectivity index (χ0v) is 13.1. The summed E-state index contributed by atoms with van der Waals surface area (Å²) in [7, 11) is 1.87. The van der Waals surface area contributed by atoms with Gasteiger partial charge in [-0.15, -0.1) is 24.8 Å². The van der Waals surface area contributed by atoms with Crippen molar-refractivity contribution in [1.82, 2.24) is 15.6 Å². The predicted molar refractivity (Wildman–Crippen MR) is 87.1 cm³/mol. The van der Waals surface area contributed by atoms with Crippen molar-refractivity contribution >= 4 is 41.6 Å². The predicted octanol–water partition coefficient (Wildman–Crippen LogP) is 2.42. The number of pyridine rings is 1. The molecular weight excluding hydrogens is 297 g/mol. The first-order chi connectivity index (χ1) is 8.70. The van der Waals surface area contributed by atoms with Gasteiger partial charge in [0.1, 0.15) is 5.69 Å². The van der Waals surface area contributed by atoms with Crippen LogP contribution in [0.2, 0.25) is 0 Å². The Morgan fingerprint density at radius 3 is 2.60 bits per heavy atom. The Hall–Kier alpha value is -1.36. The van der Waals surface area contributed by atoms with Crippen molar-refractivity contribution in [2.24, 2.45) is 0 Å². The van der Waals surface area contributed by atoms with Crippen LogP contribution in [0.15, 0.2) is 36.4 Å². The number of likely N-dealkylation sites (N-methyl/N-ethyl adjacent to an activating group) is 1. The third kappa shape index (κ3) is 4.63. The van der Waals surface area contributed by atoms with E-state index in [4.69, 9.17) is 0 Å². The van der Waals surface area contributed by atoms with Gasteiger partial charge in [-0.05, 0) is 26.1 Å². The van der Waals surface area contributed by atoms with E-state index in [9.17, 15) is 4.79 Å². The molecule has 2 rings (SSSR count). The van der Waals surface area contributed by atoms with Crippen LogP contribution in [-0.4, -0.2) is 30.5 Å². The van der Waals surface area contributed by atoms with E-state index in [0.29, 0.717) is 12.2 Å². The first kappa shape index (κ1) is 18.6. The van der Waals surface area contributed by atoms with Crippen LogP contribution < -0.4 is 10.6 Å². The number of nitrogens with one attached hydrogen (secondary N) is 2. The molecule has 1 heterocycles.